The summed E-state index contributed by atoms with van der Waals surface area (Å²) < 4.78 is 39.4. The summed E-state index contributed by atoms with van der Waals surface area (Å²) in [7, 11) is -2.06. The van der Waals surface area contributed by atoms with Gasteiger partial charge in [-0.3, -0.25) is 9.71 Å². The van der Waals surface area contributed by atoms with Crippen molar-refractivity contribution in [2.75, 3.05) is 23.0 Å². The quantitative estimate of drug-likeness (QED) is 0.246. The van der Waals surface area contributed by atoms with E-state index >= 15 is 0 Å². The van der Waals surface area contributed by atoms with Gasteiger partial charge in [0.2, 0.25) is 10.0 Å². The fraction of sp³-hybridized carbons (Fsp3) is 0.185. The smallest absolute Gasteiger partial charge is 0.229 e. The van der Waals surface area contributed by atoms with Gasteiger partial charge in [0.05, 0.1) is 30.8 Å². The van der Waals surface area contributed by atoms with Gasteiger partial charge < -0.3 is 19.4 Å². The zero-order valence-corrected chi connectivity index (χ0v) is 24.0. The molecule has 5 rings (SSSR count). The van der Waals surface area contributed by atoms with Crippen molar-refractivity contribution >= 4 is 54.7 Å². The van der Waals surface area contributed by atoms with Gasteiger partial charge in [0.15, 0.2) is 5.11 Å². The van der Waals surface area contributed by atoms with Crippen molar-refractivity contribution < 1.29 is 17.6 Å². The Morgan fingerprint density at radius 3 is 2.63 bits per heavy atom. The SMILES string of the molecule is COc1ccc(N2C(=S)N[C@H](c3ccccn3)[C@@H]2c2ccc(-c3ccc(C)cc3Br)o2)cc1NS(C)(=O)=O. The maximum atomic E-state index is 12.0. The predicted molar refractivity (Wildman–Crippen MR) is 156 cm³/mol. The van der Waals surface area contributed by atoms with Crippen LogP contribution in [0.1, 0.15) is 29.1 Å². The van der Waals surface area contributed by atoms with Crippen LogP contribution in [0.2, 0.25) is 0 Å². The third-order valence-electron chi connectivity index (χ3n) is 6.16. The number of hydrogen-bond acceptors (Lipinski definition) is 6. The van der Waals surface area contributed by atoms with Crippen LogP contribution < -0.4 is 19.7 Å². The minimum Gasteiger partial charge on any atom is -0.495 e. The maximum Gasteiger partial charge on any atom is 0.229 e. The number of furan rings is 1. The molecule has 0 bridgehead atoms. The number of rotatable bonds is 7. The number of hydrogen-bond donors (Lipinski definition) is 2. The van der Waals surface area contributed by atoms with Crippen molar-refractivity contribution in [2.24, 2.45) is 0 Å². The summed E-state index contributed by atoms with van der Waals surface area (Å²) in [6.07, 6.45) is 2.83. The number of methoxy groups -OCH3 is 1. The van der Waals surface area contributed by atoms with Gasteiger partial charge in [-0.25, -0.2) is 8.42 Å². The lowest BCUT2D eigenvalue weighted by Crippen LogP contribution is -2.29. The van der Waals surface area contributed by atoms with Crippen molar-refractivity contribution in [3.05, 3.63) is 94.4 Å². The molecule has 2 aromatic carbocycles. The Morgan fingerprint density at radius 2 is 1.95 bits per heavy atom. The lowest BCUT2D eigenvalue weighted by atomic mass is 10.0. The zero-order valence-electron chi connectivity index (χ0n) is 20.8. The summed E-state index contributed by atoms with van der Waals surface area (Å²) in [5.74, 6) is 1.77. The largest absolute Gasteiger partial charge is 0.495 e. The third-order valence-corrected chi connectivity index (χ3v) is 7.72. The molecular formula is C27H25BrN4O4S2. The number of ether oxygens (including phenoxy) is 1. The van der Waals surface area contributed by atoms with E-state index in [0.29, 0.717) is 33.8 Å². The second-order valence-corrected chi connectivity index (χ2v) is 11.9. The molecule has 0 unspecified atom stereocenters. The Hall–Kier alpha value is -3.41. The average Bonchev–Trinajstić information content (AvgIpc) is 3.48. The monoisotopic (exact) mass is 612 g/mol. The Morgan fingerprint density at radius 1 is 1.13 bits per heavy atom. The minimum atomic E-state index is -3.55. The number of pyridine rings is 1. The molecule has 3 heterocycles. The number of aromatic nitrogens is 1. The first kappa shape index (κ1) is 26.2. The van der Waals surface area contributed by atoms with E-state index in [2.05, 4.69) is 31.0 Å². The minimum absolute atomic E-state index is 0.305. The average molecular weight is 614 g/mol. The van der Waals surface area contributed by atoms with Gasteiger partial charge in [-0.1, -0.05) is 28.1 Å². The maximum absolute atomic E-state index is 12.0. The van der Waals surface area contributed by atoms with Gasteiger partial charge in [0, 0.05) is 21.9 Å². The van der Waals surface area contributed by atoms with Gasteiger partial charge in [-0.2, -0.15) is 0 Å². The topological polar surface area (TPSA) is 96.7 Å². The molecule has 2 aromatic heterocycles. The normalized spacial score (nSPS) is 17.4. The van der Waals surface area contributed by atoms with Crippen LogP contribution in [-0.4, -0.2) is 31.9 Å². The van der Waals surface area contributed by atoms with Crippen molar-refractivity contribution in [2.45, 2.75) is 19.0 Å². The molecule has 0 aliphatic carbocycles. The van der Waals surface area contributed by atoms with Crippen molar-refractivity contribution in [1.82, 2.24) is 10.3 Å². The van der Waals surface area contributed by atoms with E-state index in [9.17, 15) is 8.42 Å². The predicted octanol–water partition coefficient (Wildman–Crippen LogP) is 5.97. The molecule has 38 heavy (non-hydrogen) atoms. The number of halogens is 1. The fourth-order valence-corrected chi connectivity index (χ4v) is 6.12. The van der Waals surface area contributed by atoms with Crippen LogP contribution in [0.5, 0.6) is 5.75 Å². The molecule has 4 aromatic rings. The van der Waals surface area contributed by atoms with Crippen LogP contribution in [0.4, 0.5) is 11.4 Å². The van der Waals surface area contributed by atoms with Crippen LogP contribution in [-0.2, 0) is 10.0 Å². The van der Waals surface area contributed by atoms with E-state index in [1.807, 2.05) is 66.4 Å². The lowest BCUT2D eigenvalue weighted by Gasteiger charge is -2.27. The number of nitrogens with one attached hydrogen (secondary N) is 2. The van der Waals surface area contributed by atoms with Crippen LogP contribution in [0.3, 0.4) is 0 Å². The third kappa shape index (κ3) is 5.27. The zero-order chi connectivity index (χ0) is 27.0. The van der Waals surface area contributed by atoms with E-state index in [0.717, 1.165) is 27.5 Å². The van der Waals surface area contributed by atoms with Crippen LogP contribution in [0, 0.1) is 6.92 Å². The van der Waals surface area contributed by atoms with E-state index < -0.39 is 16.1 Å². The number of thiocarbonyl (C=S) groups is 1. The summed E-state index contributed by atoms with van der Waals surface area (Å²) in [6.45, 7) is 2.03. The summed E-state index contributed by atoms with van der Waals surface area (Å²) in [5, 5.41) is 3.84. The first-order valence-electron chi connectivity index (χ1n) is 11.7. The Labute approximate surface area is 235 Å². The molecule has 2 N–H and O–H groups in total. The van der Waals surface area contributed by atoms with E-state index in [4.69, 9.17) is 21.4 Å². The highest BCUT2D eigenvalue weighted by molar-refractivity contribution is 9.10. The van der Waals surface area contributed by atoms with E-state index in [-0.39, 0.29) is 6.04 Å². The summed E-state index contributed by atoms with van der Waals surface area (Å²) in [6, 6.07) is 20.2. The Bertz CT molecular complexity index is 1610. The van der Waals surface area contributed by atoms with Gasteiger partial charge in [-0.15, -0.1) is 0 Å². The summed E-state index contributed by atoms with van der Waals surface area (Å²) in [4.78, 5) is 6.48. The Balaban J connectivity index is 1.62. The fourth-order valence-electron chi connectivity index (χ4n) is 4.52. The molecule has 1 aliphatic rings. The number of sulfonamides is 1. The second kappa shape index (κ2) is 10.4. The number of anilines is 2. The van der Waals surface area contributed by atoms with Crippen LogP contribution in [0.25, 0.3) is 11.3 Å². The van der Waals surface area contributed by atoms with Crippen molar-refractivity contribution in [3.8, 4) is 17.1 Å². The van der Waals surface area contributed by atoms with Crippen LogP contribution in [0.15, 0.2) is 81.8 Å². The van der Waals surface area contributed by atoms with Gasteiger partial charge in [0.1, 0.15) is 23.3 Å². The number of aryl methyl sites for hydroxylation is 1. The highest BCUT2D eigenvalue weighted by atomic mass is 79.9. The first-order chi connectivity index (χ1) is 18.1. The summed E-state index contributed by atoms with van der Waals surface area (Å²) >= 11 is 9.44. The molecule has 0 spiro atoms. The molecule has 196 valence electrons. The van der Waals surface area contributed by atoms with Crippen LogP contribution >= 0.6 is 28.1 Å². The van der Waals surface area contributed by atoms with E-state index in [1.54, 1.807) is 18.3 Å². The van der Waals surface area contributed by atoms with Gasteiger partial charge >= 0.3 is 0 Å². The lowest BCUT2D eigenvalue weighted by molar-refractivity contribution is 0.416. The summed E-state index contributed by atoms with van der Waals surface area (Å²) in [5.41, 5.74) is 3.82. The second-order valence-electron chi connectivity index (χ2n) is 8.94. The molecule has 0 saturated carbocycles. The molecule has 1 aliphatic heterocycles. The highest BCUT2D eigenvalue weighted by Crippen LogP contribution is 2.44. The molecule has 8 nitrogen and oxygen atoms in total. The molecule has 1 saturated heterocycles. The Kier molecular flexibility index (Phi) is 7.17. The van der Waals surface area contributed by atoms with Crippen molar-refractivity contribution in [3.63, 3.8) is 0 Å². The van der Waals surface area contributed by atoms with Crippen molar-refractivity contribution in [1.29, 1.82) is 0 Å². The molecule has 0 radical (unpaired) electrons. The molecule has 11 heteroatoms. The highest BCUT2D eigenvalue weighted by Gasteiger charge is 2.43. The molecular weight excluding hydrogens is 588 g/mol. The van der Waals surface area contributed by atoms with Gasteiger partial charge in [-0.05, 0) is 79.3 Å². The van der Waals surface area contributed by atoms with E-state index in [1.165, 1.54) is 7.11 Å². The molecule has 1 fully saturated rings. The van der Waals surface area contributed by atoms with Gasteiger partial charge in [0.25, 0.3) is 0 Å². The molecule has 0 amide bonds. The standard InChI is InChI=1S/C27H25BrN4O4S2/c1-16-7-9-18(19(28)14-16)22-11-12-24(36-22)26-25(20-6-4-5-13-29-20)30-27(37)32(26)17-8-10-23(35-2)21(15-17)31-38(3,33)34/h4-15,25-26,31H,1-3H3,(H,30,37)/t25-,26+/m1/s1. The number of benzene rings is 2. The number of nitrogens with zero attached hydrogens (tertiary/aromatic N) is 2. The molecule has 2 atom stereocenters. The first-order valence-corrected chi connectivity index (χ1v) is 14.8.